The van der Waals surface area contributed by atoms with Gasteiger partial charge in [-0.1, -0.05) is 54.6 Å². The Morgan fingerprint density at radius 1 is 0.388 bits per heavy atom. The van der Waals surface area contributed by atoms with Gasteiger partial charge in [0.2, 0.25) is 0 Å². The van der Waals surface area contributed by atoms with Crippen molar-refractivity contribution in [3.05, 3.63) is 157 Å². The number of hydrogen-bond acceptors (Lipinski definition) is 3. The maximum absolute atomic E-state index is 9.61. The van der Waals surface area contributed by atoms with Gasteiger partial charge in [-0.2, -0.15) is 10.5 Å². The van der Waals surface area contributed by atoms with Crippen LogP contribution >= 0.6 is 0 Å². The summed E-state index contributed by atoms with van der Waals surface area (Å²) < 4.78 is 10.9. The molecule has 0 bridgehead atoms. The van der Waals surface area contributed by atoms with Gasteiger partial charge in [0.15, 0.2) is 0 Å². The normalized spacial score (nSPS) is 11.6. The number of rotatable bonds is 3. The van der Waals surface area contributed by atoms with Gasteiger partial charge in [0.1, 0.15) is 11.2 Å². The molecule has 0 N–H and O–H groups in total. The highest BCUT2D eigenvalue weighted by Gasteiger charge is 2.17. The molecular weight excluding hydrogens is 601 g/mol. The van der Waals surface area contributed by atoms with Crippen molar-refractivity contribution in [2.75, 3.05) is 0 Å². The van der Waals surface area contributed by atoms with E-state index in [2.05, 4.69) is 130 Å². The second-order valence-electron chi connectivity index (χ2n) is 12.4. The molecule has 0 saturated carbocycles. The summed E-state index contributed by atoms with van der Waals surface area (Å²) in [6.45, 7) is 0. The quantitative estimate of drug-likeness (QED) is 0.196. The predicted molar refractivity (Wildman–Crippen MR) is 197 cm³/mol. The average molecular weight is 625 g/mol. The maximum Gasteiger partial charge on any atom is 0.135 e. The molecule has 3 heterocycles. The summed E-state index contributed by atoms with van der Waals surface area (Å²) in [5.41, 5.74) is 11.4. The Hall–Kier alpha value is -7.08. The van der Waals surface area contributed by atoms with Crippen molar-refractivity contribution in [3.63, 3.8) is 0 Å². The first-order valence-corrected chi connectivity index (χ1v) is 16.1. The van der Waals surface area contributed by atoms with Gasteiger partial charge in [0, 0.05) is 43.7 Å². The molecular formula is C44H24N4O. The first kappa shape index (κ1) is 27.1. The van der Waals surface area contributed by atoms with Gasteiger partial charge in [-0.15, -0.1) is 0 Å². The number of benzene rings is 7. The summed E-state index contributed by atoms with van der Waals surface area (Å²) in [5, 5.41) is 25.7. The summed E-state index contributed by atoms with van der Waals surface area (Å²) >= 11 is 0. The Kier molecular flexibility index (Phi) is 5.64. The number of hydrogen-bond donors (Lipinski definition) is 0. The fourth-order valence-electron chi connectivity index (χ4n) is 7.55. The highest BCUT2D eigenvalue weighted by atomic mass is 16.3. The molecule has 49 heavy (non-hydrogen) atoms. The Morgan fingerprint density at radius 3 is 1.55 bits per heavy atom. The van der Waals surface area contributed by atoms with Crippen molar-refractivity contribution >= 4 is 65.6 Å². The van der Waals surface area contributed by atoms with Gasteiger partial charge < -0.3 is 13.6 Å². The highest BCUT2D eigenvalue weighted by molar-refractivity contribution is 6.12. The monoisotopic (exact) mass is 624 g/mol. The van der Waals surface area contributed by atoms with E-state index in [4.69, 9.17) is 4.42 Å². The van der Waals surface area contributed by atoms with E-state index in [0.717, 1.165) is 66.2 Å². The molecule has 3 aromatic heterocycles. The molecule has 0 aliphatic carbocycles. The predicted octanol–water partition coefficient (Wildman–Crippen LogP) is 11.2. The van der Waals surface area contributed by atoms with Gasteiger partial charge >= 0.3 is 0 Å². The molecule has 7 aromatic carbocycles. The Bertz CT molecular complexity index is 2960. The third kappa shape index (κ3) is 3.97. The topological polar surface area (TPSA) is 70.6 Å². The van der Waals surface area contributed by atoms with Crippen molar-refractivity contribution in [2.24, 2.45) is 0 Å². The number of para-hydroxylation sites is 2. The van der Waals surface area contributed by atoms with Crippen molar-refractivity contribution in [1.82, 2.24) is 9.13 Å². The first-order chi connectivity index (χ1) is 24.2. The van der Waals surface area contributed by atoms with E-state index in [9.17, 15) is 10.5 Å². The molecule has 0 radical (unpaired) electrons. The number of fused-ring (bicyclic) bond motifs is 9. The van der Waals surface area contributed by atoms with Crippen LogP contribution in [0.3, 0.4) is 0 Å². The van der Waals surface area contributed by atoms with Crippen LogP contribution in [0.4, 0.5) is 0 Å². The molecule has 5 heteroatoms. The number of nitriles is 2. The van der Waals surface area contributed by atoms with Crippen LogP contribution in [0, 0.1) is 22.7 Å². The van der Waals surface area contributed by atoms with E-state index < -0.39 is 0 Å². The zero-order chi connectivity index (χ0) is 32.6. The van der Waals surface area contributed by atoms with Crippen molar-refractivity contribution in [1.29, 1.82) is 10.5 Å². The lowest BCUT2D eigenvalue weighted by atomic mass is 10.0. The van der Waals surface area contributed by atoms with Crippen LogP contribution in [0.2, 0.25) is 0 Å². The summed E-state index contributed by atoms with van der Waals surface area (Å²) in [7, 11) is 0. The van der Waals surface area contributed by atoms with E-state index in [0.29, 0.717) is 11.1 Å². The molecule has 0 aliphatic rings. The number of aromatic nitrogens is 2. The summed E-state index contributed by atoms with van der Waals surface area (Å²) in [6, 6.07) is 54.5. The maximum atomic E-state index is 9.61. The molecule has 0 spiro atoms. The lowest BCUT2D eigenvalue weighted by molar-refractivity contribution is 0.669. The Balaban J connectivity index is 1.14. The molecule has 0 saturated heterocycles. The summed E-state index contributed by atoms with van der Waals surface area (Å²) in [5.74, 6) is 0. The molecule has 0 amide bonds. The fraction of sp³-hybridized carbons (Fsp3) is 0. The molecule has 10 rings (SSSR count). The van der Waals surface area contributed by atoms with Crippen LogP contribution in [0.5, 0.6) is 0 Å². The van der Waals surface area contributed by atoms with Crippen molar-refractivity contribution in [2.45, 2.75) is 0 Å². The van der Waals surface area contributed by atoms with Crippen LogP contribution < -0.4 is 0 Å². The standard InChI is InChI=1S/C44H24N4O/c45-25-27-12-16-41-35(20-27)36-21-28(26-46)13-17-42(36)47(41)31-7-5-6-29(22-31)30-14-18-43-37(23-30)38-24-32(15-19-44(38)49-43)48-39-10-3-1-8-33(39)34-9-2-4-11-40(34)48/h1-24H. The minimum atomic E-state index is 0.588. The van der Waals surface area contributed by atoms with Crippen molar-refractivity contribution < 1.29 is 4.42 Å². The second-order valence-corrected chi connectivity index (χ2v) is 12.4. The molecule has 5 nitrogen and oxygen atoms in total. The van der Waals surface area contributed by atoms with E-state index in [1.807, 2.05) is 36.4 Å². The van der Waals surface area contributed by atoms with Crippen LogP contribution in [0.1, 0.15) is 11.1 Å². The Labute approximate surface area is 280 Å². The van der Waals surface area contributed by atoms with E-state index in [1.54, 1.807) is 0 Å². The van der Waals surface area contributed by atoms with Crippen LogP contribution in [-0.2, 0) is 0 Å². The number of furan rings is 1. The highest BCUT2D eigenvalue weighted by Crippen LogP contribution is 2.38. The third-order valence-electron chi connectivity index (χ3n) is 9.75. The van der Waals surface area contributed by atoms with E-state index in [-0.39, 0.29) is 0 Å². The average Bonchev–Trinajstić information content (AvgIpc) is 3.81. The van der Waals surface area contributed by atoms with Crippen LogP contribution in [0.15, 0.2) is 150 Å². The Morgan fingerprint density at radius 2 is 0.918 bits per heavy atom. The SMILES string of the molecule is N#Cc1ccc2c(c1)c1cc(C#N)ccc1n2-c1cccc(-c2ccc3oc4ccc(-n5c6ccccc6c6ccccc65)cc4c3c2)c1. The number of nitrogens with zero attached hydrogens (tertiary/aromatic N) is 4. The van der Waals surface area contributed by atoms with E-state index >= 15 is 0 Å². The zero-order valence-electron chi connectivity index (χ0n) is 26.1. The minimum Gasteiger partial charge on any atom is -0.456 e. The van der Waals surface area contributed by atoms with Gasteiger partial charge in [0.25, 0.3) is 0 Å². The second kappa shape index (κ2) is 10.2. The summed E-state index contributed by atoms with van der Waals surface area (Å²) in [4.78, 5) is 0. The molecule has 0 fully saturated rings. The van der Waals surface area contributed by atoms with Crippen molar-refractivity contribution in [3.8, 4) is 34.6 Å². The fourth-order valence-corrected chi connectivity index (χ4v) is 7.55. The third-order valence-corrected chi connectivity index (χ3v) is 9.75. The first-order valence-electron chi connectivity index (χ1n) is 16.1. The molecule has 0 atom stereocenters. The van der Waals surface area contributed by atoms with Gasteiger partial charge in [-0.05, 0) is 102 Å². The molecule has 226 valence electrons. The van der Waals surface area contributed by atoms with Gasteiger partial charge in [0.05, 0.1) is 45.3 Å². The molecule has 0 aliphatic heterocycles. The van der Waals surface area contributed by atoms with Gasteiger partial charge in [-0.3, -0.25) is 0 Å². The van der Waals surface area contributed by atoms with Crippen LogP contribution in [-0.4, -0.2) is 9.13 Å². The van der Waals surface area contributed by atoms with Crippen LogP contribution in [0.25, 0.3) is 88.1 Å². The lowest BCUT2D eigenvalue weighted by Gasteiger charge is -2.11. The van der Waals surface area contributed by atoms with Gasteiger partial charge in [-0.25, -0.2) is 0 Å². The lowest BCUT2D eigenvalue weighted by Crippen LogP contribution is -1.94. The largest absolute Gasteiger partial charge is 0.456 e. The van der Waals surface area contributed by atoms with E-state index in [1.165, 1.54) is 21.8 Å². The molecule has 0 unspecified atom stereocenters. The smallest absolute Gasteiger partial charge is 0.135 e. The molecule has 10 aromatic rings. The zero-order valence-corrected chi connectivity index (χ0v) is 26.1. The summed E-state index contributed by atoms with van der Waals surface area (Å²) in [6.07, 6.45) is 0. The minimum absolute atomic E-state index is 0.588.